The molecule has 10 nitrogen and oxygen atoms in total. The Kier molecular flexibility index (Phi) is 11.5. The van der Waals surface area contributed by atoms with Gasteiger partial charge in [-0.15, -0.1) is 0 Å². The van der Waals surface area contributed by atoms with Crippen molar-refractivity contribution in [1.82, 2.24) is 15.1 Å². The summed E-state index contributed by atoms with van der Waals surface area (Å²) in [6.45, 7) is 8.22. The van der Waals surface area contributed by atoms with Crippen molar-refractivity contribution in [2.75, 3.05) is 26.4 Å². The first-order chi connectivity index (χ1) is 20.4. The third-order valence-electron chi connectivity index (χ3n) is 7.61. The maximum atomic E-state index is 13.4. The largest absolute Gasteiger partial charge is 0.444 e. The van der Waals surface area contributed by atoms with Crippen LogP contribution >= 0.6 is 0 Å². The number of hydrogen-bond acceptors (Lipinski definition) is 5. The Hall–Kier alpha value is -4.18. The quantitative estimate of drug-likeness (QED) is 0.230. The average Bonchev–Trinajstić information content (AvgIpc) is 3.48. The van der Waals surface area contributed by atoms with Crippen LogP contribution in [0.15, 0.2) is 65.8 Å². The summed E-state index contributed by atoms with van der Waals surface area (Å²) in [5.74, 6) is -1.69. The predicted molar refractivity (Wildman–Crippen MR) is 158 cm³/mol. The Morgan fingerprint density at radius 3 is 1.84 bits per heavy atom. The first kappa shape index (κ1) is 33.3. The van der Waals surface area contributed by atoms with E-state index in [0.29, 0.717) is 0 Å². The van der Waals surface area contributed by atoms with Gasteiger partial charge in [-0.3, -0.25) is 18.4 Å². The summed E-state index contributed by atoms with van der Waals surface area (Å²) in [5, 5.41) is 5.96. The fourth-order valence-electron chi connectivity index (χ4n) is 5.25. The van der Waals surface area contributed by atoms with Gasteiger partial charge in [-0.05, 0) is 51.3 Å². The van der Waals surface area contributed by atoms with E-state index in [0.717, 1.165) is 11.1 Å². The van der Waals surface area contributed by atoms with Gasteiger partial charge in [-0.2, -0.15) is 0 Å². The lowest BCUT2D eigenvalue weighted by molar-refractivity contribution is -0.131. The maximum absolute atomic E-state index is 13.4. The fourth-order valence-corrected chi connectivity index (χ4v) is 5.25. The minimum Gasteiger partial charge on any atom is -0.444 e. The van der Waals surface area contributed by atoms with E-state index in [4.69, 9.17) is 10.3 Å². The van der Waals surface area contributed by atoms with Crippen LogP contribution in [0.4, 0.5) is 13.6 Å². The van der Waals surface area contributed by atoms with Gasteiger partial charge >= 0.3 is 6.09 Å². The molecular formula is C31H40F2N6O4. The van der Waals surface area contributed by atoms with Gasteiger partial charge in [0, 0.05) is 29.8 Å². The molecule has 2 aromatic rings. The van der Waals surface area contributed by atoms with Crippen LogP contribution in [-0.2, 0) is 14.3 Å². The van der Waals surface area contributed by atoms with Gasteiger partial charge in [0.15, 0.2) is 0 Å². The SMILES string of the molecule is C[C@H](c1ccccc1)N1C[C@H](CF)[C@H](N=[N+]=[N-])C1=O.C[C@H](c1ccccc1)N1C[C@H](CF)[C@H](NC(=O)OC(C)(C)C)C1=O. The van der Waals surface area contributed by atoms with Crippen LogP contribution in [0.2, 0.25) is 0 Å². The Morgan fingerprint density at radius 2 is 1.40 bits per heavy atom. The number of carbonyl (C=O) groups is 3. The van der Waals surface area contributed by atoms with Crippen molar-refractivity contribution in [2.24, 2.45) is 17.0 Å². The van der Waals surface area contributed by atoms with E-state index in [9.17, 15) is 23.2 Å². The van der Waals surface area contributed by atoms with Crippen molar-refractivity contribution in [2.45, 2.75) is 64.4 Å². The molecule has 0 radical (unpaired) electrons. The second-order valence-corrected chi connectivity index (χ2v) is 11.8. The van der Waals surface area contributed by atoms with Gasteiger partial charge < -0.3 is 19.9 Å². The Balaban J connectivity index is 0.000000242. The van der Waals surface area contributed by atoms with E-state index in [1.807, 2.05) is 74.5 Å². The summed E-state index contributed by atoms with van der Waals surface area (Å²) in [6, 6.07) is 16.9. The summed E-state index contributed by atoms with van der Waals surface area (Å²) in [4.78, 5) is 42.6. The van der Waals surface area contributed by atoms with Crippen LogP contribution < -0.4 is 5.32 Å². The molecule has 3 amide bonds. The highest BCUT2D eigenvalue weighted by atomic mass is 19.1. The normalized spacial score (nSPS) is 23.1. The number of alkyl carbamates (subject to hydrolysis) is 1. The third kappa shape index (κ3) is 8.44. The molecule has 2 aliphatic heterocycles. The maximum Gasteiger partial charge on any atom is 0.408 e. The highest BCUT2D eigenvalue weighted by Crippen LogP contribution is 2.31. The first-order valence-electron chi connectivity index (χ1n) is 14.3. The smallest absolute Gasteiger partial charge is 0.408 e. The van der Waals surface area contributed by atoms with Crippen LogP contribution in [0.5, 0.6) is 0 Å². The summed E-state index contributed by atoms with van der Waals surface area (Å²) in [6.07, 6.45) is -0.700. The number of rotatable bonds is 8. The number of nitrogens with one attached hydrogen (secondary N) is 1. The Bertz CT molecular complexity index is 1290. The van der Waals surface area contributed by atoms with E-state index in [2.05, 4.69) is 15.3 Å². The van der Waals surface area contributed by atoms with E-state index in [-0.39, 0.29) is 37.0 Å². The van der Waals surface area contributed by atoms with Crippen molar-refractivity contribution in [3.63, 3.8) is 0 Å². The van der Waals surface area contributed by atoms with Gasteiger partial charge in [0.2, 0.25) is 11.8 Å². The highest BCUT2D eigenvalue weighted by Gasteiger charge is 2.44. The predicted octanol–water partition coefficient (Wildman–Crippen LogP) is 5.92. The van der Waals surface area contributed by atoms with Gasteiger partial charge in [0.25, 0.3) is 0 Å². The Labute approximate surface area is 251 Å². The zero-order valence-electron chi connectivity index (χ0n) is 25.2. The third-order valence-corrected chi connectivity index (χ3v) is 7.61. The number of amides is 3. The fraction of sp³-hybridized carbons (Fsp3) is 0.516. The van der Waals surface area contributed by atoms with Crippen molar-refractivity contribution < 1.29 is 27.9 Å². The molecule has 4 rings (SSSR count). The highest BCUT2D eigenvalue weighted by molar-refractivity contribution is 5.88. The van der Waals surface area contributed by atoms with Gasteiger partial charge in [-0.25, -0.2) is 4.79 Å². The number of ether oxygens (including phenoxy) is 1. The molecule has 0 spiro atoms. The minimum absolute atomic E-state index is 0.151. The summed E-state index contributed by atoms with van der Waals surface area (Å²) in [5.41, 5.74) is 9.75. The van der Waals surface area contributed by atoms with Crippen molar-refractivity contribution in [3.05, 3.63) is 82.2 Å². The monoisotopic (exact) mass is 598 g/mol. The molecule has 1 N–H and O–H groups in total. The molecule has 232 valence electrons. The van der Waals surface area contributed by atoms with Crippen LogP contribution in [-0.4, -0.2) is 71.8 Å². The lowest BCUT2D eigenvalue weighted by Gasteiger charge is -2.25. The molecule has 2 saturated heterocycles. The zero-order valence-corrected chi connectivity index (χ0v) is 25.2. The molecule has 12 heteroatoms. The molecule has 0 unspecified atom stereocenters. The molecule has 6 atom stereocenters. The molecule has 0 bridgehead atoms. The number of likely N-dealkylation sites (tertiary alicyclic amines) is 2. The number of nitrogens with zero attached hydrogens (tertiary/aromatic N) is 5. The number of azide groups is 1. The van der Waals surface area contributed by atoms with Crippen molar-refractivity contribution in [3.8, 4) is 0 Å². The average molecular weight is 599 g/mol. The second-order valence-electron chi connectivity index (χ2n) is 11.8. The van der Waals surface area contributed by atoms with Crippen LogP contribution in [0, 0.1) is 11.8 Å². The van der Waals surface area contributed by atoms with Gasteiger partial charge in [-0.1, -0.05) is 65.8 Å². The van der Waals surface area contributed by atoms with Crippen LogP contribution in [0.25, 0.3) is 10.4 Å². The molecule has 2 fully saturated rings. The molecule has 2 aromatic carbocycles. The number of alkyl halides is 2. The molecule has 0 saturated carbocycles. The van der Waals surface area contributed by atoms with E-state index >= 15 is 0 Å². The number of benzene rings is 2. The van der Waals surface area contributed by atoms with Gasteiger partial charge in [0.05, 0.1) is 25.4 Å². The lowest BCUT2D eigenvalue weighted by atomic mass is 10.1. The topological polar surface area (TPSA) is 128 Å². The van der Waals surface area contributed by atoms with Crippen LogP contribution in [0.1, 0.15) is 57.8 Å². The number of hydrogen-bond donors (Lipinski definition) is 1. The zero-order chi connectivity index (χ0) is 31.7. The van der Waals surface area contributed by atoms with E-state index in [1.165, 1.54) is 0 Å². The van der Waals surface area contributed by atoms with Crippen molar-refractivity contribution in [1.29, 1.82) is 0 Å². The molecular weight excluding hydrogens is 558 g/mol. The summed E-state index contributed by atoms with van der Waals surface area (Å²) in [7, 11) is 0. The number of halogens is 2. The van der Waals surface area contributed by atoms with E-state index in [1.54, 1.807) is 30.6 Å². The summed E-state index contributed by atoms with van der Waals surface area (Å²) < 4.78 is 31.5. The minimum atomic E-state index is -0.916. The first-order valence-corrected chi connectivity index (χ1v) is 14.3. The molecule has 0 aromatic heterocycles. The van der Waals surface area contributed by atoms with Crippen LogP contribution in [0.3, 0.4) is 0 Å². The molecule has 2 aliphatic rings. The lowest BCUT2D eigenvalue weighted by Crippen LogP contribution is -2.46. The number of carbonyl (C=O) groups excluding carboxylic acids is 3. The second kappa shape index (κ2) is 14.8. The Morgan fingerprint density at radius 1 is 0.930 bits per heavy atom. The van der Waals surface area contributed by atoms with E-state index < -0.39 is 49.0 Å². The molecule has 43 heavy (non-hydrogen) atoms. The summed E-state index contributed by atoms with van der Waals surface area (Å²) >= 11 is 0. The molecule has 2 heterocycles. The van der Waals surface area contributed by atoms with Gasteiger partial charge in [0.1, 0.15) is 17.7 Å². The van der Waals surface area contributed by atoms with Crippen molar-refractivity contribution >= 4 is 17.9 Å². The standard InChI is InChI=1S/C18H25FN2O3.C13H15FN4O/c1-12(13-8-6-5-7-9-13)21-11-14(10-19)15(16(21)22)20-17(23)24-18(2,3)4;1-9(10-5-3-2-4-6-10)18-8-11(7-14)12(13(18)19)16-17-15/h5-9,12,14-15H,10-11H2,1-4H3,(H,20,23);2-6,9,11-12H,7-8H2,1H3/t12-,14+,15+;9-,11+,12+/m11/s1. The molecule has 0 aliphatic carbocycles.